The molecule has 212 valence electrons. The van der Waals surface area contributed by atoms with E-state index in [-0.39, 0.29) is 30.3 Å². The van der Waals surface area contributed by atoms with Gasteiger partial charge in [-0.15, -0.1) is 0 Å². The van der Waals surface area contributed by atoms with Gasteiger partial charge >= 0.3 is 0 Å². The van der Waals surface area contributed by atoms with Crippen LogP contribution in [-0.4, -0.2) is 50.3 Å². The van der Waals surface area contributed by atoms with Crippen molar-refractivity contribution in [1.82, 2.24) is 10.3 Å². The van der Waals surface area contributed by atoms with Crippen LogP contribution in [0.2, 0.25) is 0 Å². The van der Waals surface area contributed by atoms with Gasteiger partial charge in [0, 0.05) is 62.3 Å². The molecular formula is C30H41F2N5O2. The molecule has 0 saturated carbocycles. The second kappa shape index (κ2) is 17.4. The number of aryl methyl sites for hydroxylation is 1. The van der Waals surface area contributed by atoms with Crippen LogP contribution in [-0.2, 0) is 16.0 Å². The summed E-state index contributed by atoms with van der Waals surface area (Å²) in [5, 5.41) is 6.41. The van der Waals surface area contributed by atoms with E-state index in [1.165, 1.54) is 18.2 Å². The molecule has 0 bridgehead atoms. The third-order valence-corrected chi connectivity index (χ3v) is 6.28. The van der Waals surface area contributed by atoms with Crippen molar-refractivity contribution >= 4 is 12.0 Å². The van der Waals surface area contributed by atoms with E-state index in [2.05, 4.69) is 34.0 Å². The Labute approximate surface area is 230 Å². The first-order valence-electron chi connectivity index (χ1n) is 13.1. The summed E-state index contributed by atoms with van der Waals surface area (Å²) in [6.45, 7) is 5.90. The summed E-state index contributed by atoms with van der Waals surface area (Å²) < 4.78 is 32.4. The van der Waals surface area contributed by atoms with Crippen molar-refractivity contribution in [3.8, 4) is 0 Å². The highest BCUT2D eigenvalue weighted by Crippen LogP contribution is 2.27. The van der Waals surface area contributed by atoms with Gasteiger partial charge in [-0.1, -0.05) is 24.3 Å². The Balaban J connectivity index is 0.000000249. The fourth-order valence-corrected chi connectivity index (χ4v) is 4.29. The van der Waals surface area contributed by atoms with Crippen LogP contribution in [0.1, 0.15) is 47.9 Å². The van der Waals surface area contributed by atoms with E-state index in [1.54, 1.807) is 30.6 Å². The lowest BCUT2D eigenvalue weighted by atomic mass is 9.89. The number of pyridine rings is 1. The van der Waals surface area contributed by atoms with E-state index < -0.39 is 0 Å². The average molecular weight is 542 g/mol. The van der Waals surface area contributed by atoms with Gasteiger partial charge in [0.15, 0.2) is 0 Å². The Morgan fingerprint density at radius 3 is 2.46 bits per heavy atom. The first-order chi connectivity index (χ1) is 18.8. The lowest BCUT2D eigenvalue weighted by Crippen LogP contribution is -2.44. The van der Waals surface area contributed by atoms with Gasteiger partial charge in [-0.05, 0) is 67.6 Å². The lowest BCUT2D eigenvalue weighted by Gasteiger charge is -2.28. The minimum atomic E-state index is -0.272. The number of anilines is 1. The summed E-state index contributed by atoms with van der Waals surface area (Å²) in [6, 6.07) is 13.8. The van der Waals surface area contributed by atoms with Crippen LogP contribution in [0.15, 0.2) is 60.9 Å². The number of nitrogens with two attached hydrogens (primary N) is 2. The van der Waals surface area contributed by atoms with Gasteiger partial charge in [-0.3, -0.25) is 4.98 Å². The monoisotopic (exact) mass is 541 g/mol. The molecule has 1 saturated heterocycles. The number of carbonyl (C=O) groups excluding carboxylic acids is 1. The zero-order valence-corrected chi connectivity index (χ0v) is 23.0. The van der Waals surface area contributed by atoms with Crippen LogP contribution in [0.25, 0.3) is 0 Å². The molecular weight excluding hydrogens is 500 g/mol. The summed E-state index contributed by atoms with van der Waals surface area (Å²) in [6.07, 6.45) is 6.51. The molecule has 3 aromatic rings. The van der Waals surface area contributed by atoms with Crippen LogP contribution in [0.5, 0.6) is 0 Å². The van der Waals surface area contributed by atoms with Crippen molar-refractivity contribution in [3.05, 3.63) is 94.8 Å². The molecule has 2 heterocycles. The van der Waals surface area contributed by atoms with E-state index in [9.17, 15) is 13.6 Å². The second-order valence-corrected chi connectivity index (χ2v) is 9.36. The number of carbonyl (C=O) groups is 1. The van der Waals surface area contributed by atoms with Gasteiger partial charge in [-0.2, -0.15) is 0 Å². The van der Waals surface area contributed by atoms with Crippen molar-refractivity contribution in [3.63, 3.8) is 0 Å². The number of hydrogen-bond acceptors (Lipinski definition) is 7. The van der Waals surface area contributed by atoms with Crippen LogP contribution in [0.3, 0.4) is 0 Å². The summed E-state index contributed by atoms with van der Waals surface area (Å²) in [7, 11) is 1.82. The normalized spacial score (nSPS) is 17.1. The van der Waals surface area contributed by atoms with Crippen molar-refractivity contribution in [1.29, 1.82) is 0 Å². The second-order valence-electron chi connectivity index (χ2n) is 9.36. The minimum absolute atomic E-state index is 0.0597. The number of aromatic nitrogens is 1. The van der Waals surface area contributed by atoms with Crippen LogP contribution in [0, 0.1) is 18.6 Å². The number of ether oxygens (including phenoxy) is 1. The molecule has 1 aliphatic heterocycles. The van der Waals surface area contributed by atoms with E-state index in [0.717, 1.165) is 53.8 Å². The zero-order chi connectivity index (χ0) is 28.6. The number of morpholine rings is 1. The molecule has 6 N–H and O–H groups in total. The predicted molar refractivity (Wildman–Crippen MR) is 153 cm³/mol. The maximum Gasteiger partial charge on any atom is 0.128 e. The van der Waals surface area contributed by atoms with Crippen molar-refractivity contribution in [2.24, 2.45) is 11.5 Å². The lowest BCUT2D eigenvalue weighted by molar-refractivity contribution is -0.108. The van der Waals surface area contributed by atoms with Crippen LogP contribution >= 0.6 is 0 Å². The highest BCUT2D eigenvalue weighted by Gasteiger charge is 2.19. The molecule has 0 aliphatic carbocycles. The molecule has 4 rings (SSSR count). The Bertz CT molecular complexity index is 1120. The SMILES string of the molecule is CNc1cccc(F)c1CC[C@@H]1CN[C@H](C)CO1.Cc1cncc([C@H](CC=O)c2ccc(F)cc2)c1.NCN. The van der Waals surface area contributed by atoms with Gasteiger partial charge in [0.1, 0.15) is 17.9 Å². The Morgan fingerprint density at radius 2 is 1.87 bits per heavy atom. The molecule has 9 heteroatoms. The number of nitrogens with one attached hydrogen (secondary N) is 2. The fraction of sp³-hybridized carbons (Fsp3) is 0.400. The van der Waals surface area contributed by atoms with Gasteiger partial charge < -0.3 is 31.6 Å². The molecule has 0 radical (unpaired) electrons. The third-order valence-electron chi connectivity index (χ3n) is 6.28. The minimum Gasteiger partial charge on any atom is -0.388 e. The molecule has 1 aliphatic rings. The van der Waals surface area contributed by atoms with Gasteiger partial charge in [0.05, 0.1) is 12.7 Å². The maximum absolute atomic E-state index is 13.8. The van der Waals surface area contributed by atoms with Crippen molar-refractivity contribution in [2.45, 2.75) is 51.2 Å². The summed E-state index contributed by atoms with van der Waals surface area (Å²) in [5.74, 6) is -0.472. The number of benzene rings is 2. The smallest absolute Gasteiger partial charge is 0.128 e. The highest BCUT2D eigenvalue weighted by atomic mass is 19.1. The molecule has 39 heavy (non-hydrogen) atoms. The molecule has 3 atom stereocenters. The summed E-state index contributed by atoms with van der Waals surface area (Å²) >= 11 is 0. The number of hydrogen-bond donors (Lipinski definition) is 4. The van der Waals surface area contributed by atoms with E-state index >= 15 is 0 Å². The van der Waals surface area contributed by atoms with Crippen molar-refractivity contribution in [2.75, 3.05) is 32.2 Å². The fourth-order valence-electron chi connectivity index (χ4n) is 4.29. The molecule has 0 amide bonds. The quantitative estimate of drug-likeness (QED) is 0.248. The number of rotatable bonds is 8. The molecule has 1 fully saturated rings. The van der Waals surface area contributed by atoms with Crippen LogP contribution in [0.4, 0.5) is 14.5 Å². The van der Waals surface area contributed by atoms with E-state index in [1.807, 2.05) is 26.1 Å². The molecule has 0 unspecified atom stereocenters. The van der Waals surface area contributed by atoms with E-state index in [4.69, 9.17) is 4.74 Å². The standard InChI is InChI=1S/C15H14FNO.C14H21FN2O.CH6N2/c1-11-8-13(10-17-9-11)15(6-7-18)12-2-4-14(16)5-3-12;1-10-9-18-11(8-17-10)6-7-12-13(15)4-3-5-14(12)16-2;2-1-3/h2-5,7-10,15H,6H2,1H3;3-5,10-11,16-17H,6-9H2,1-2H3;1-3H2/t15-;10-,11-;/m11./s1. The Hall–Kier alpha value is -3.24. The molecule has 1 aromatic heterocycles. The first kappa shape index (κ1) is 32.0. The predicted octanol–water partition coefficient (Wildman–Crippen LogP) is 4.29. The van der Waals surface area contributed by atoms with Crippen molar-refractivity contribution < 1.29 is 18.3 Å². The first-order valence-corrected chi connectivity index (χ1v) is 13.1. The highest BCUT2D eigenvalue weighted by molar-refractivity contribution is 5.54. The average Bonchev–Trinajstić information content (AvgIpc) is 2.93. The molecule has 7 nitrogen and oxygen atoms in total. The molecule has 2 aromatic carbocycles. The Morgan fingerprint density at radius 1 is 1.15 bits per heavy atom. The molecule has 0 spiro atoms. The van der Waals surface area contributed by atoms with Gasteiger partial charge in [-0.25, -0.2) is 8.78 Å². The topological polar surface area (TPSA) is 115 Å². The van der Waals surface area contributed by atoms with Crippen LogP contribution < -0.4 is 22.1 Å². The van der Waals surface area contributed by atoms with E-state index in [0.29, 0.717) is 18.9 Å². The number of halogens is 2. The summed E-state index contributed by atoms with van der Waals surface area (Å²) in [5.41, 5.74) is 13.8. The van der Waals surface area contributed by atoms with Gasteiger partial charge in [0.25, 0.3) is 0 Å². The number of aldehydes is 1. The largest absolute Gasteiger partial charge is 0.388 e. The van der Waals surface area contributed by atoms with Gasteiger partial charge in [0.2, 0.25) is 0 Å². The Kier molecular flexibility index (Phi) is 14.2. The summed E-state index contributed by atoms with van der Waals surface area (Å²) in [4.78, 5) is 15.0. The number of nitrogens with zero attached hydrogens (tertiary/aromatic N) is 1. The zero-order valence-electron chi connectivity index (χ0n) is 23.0. The maximum atomic E-state index is 13.8. The third kappa shape index (κ3) is 10.8.